The van der Waals surface area contributed by atoms with E-state index in [9.17, 15) is 0 Å². The van der Waals surface area contributed by atoms with Crippen molar-refractivity contribution in [3.05, 3.63) is 89.3 Å². The Kier molecular flexibility index (Phi) is 9.43. The van der Waals surface area contributed by atoms with E-state index in [2.05, 4.69) is 25.9 Å². The van der Waals surface area contributed by atoms with Gasteiger partial charge in [-0.05, 0) is 93.4 Å². The van der Waals surface area contributed by atoms with Crippen molar-refractivity contribution < 1.29 is 13.9 Å². The molecule has 0 aliphatic heterocycles. The fourth-order valence-corrected chi connectivity index (χ4v) is 3.82. The number of hydrogen-bond acceptors (Lipinski definition) is 7. The van der Waals surface area contributed by atoms with Gasteiger partial charge in [-0.25, -0.2) is 4.39 Å². The van der Waals surface area contributed by atoms with Crippen molar-refractivity contribution in [1.82, 2.24) is 15.2 Å². The van der Waals surface area contributed by atoms with Crippen LogP contribution in [0, 0.1) is 19.7 Å². The highest BCUT2D eigenvalue weighted by atomic mass is 19.1. The van der Waals surface area contributed by atoms with Crippen LogP contribution >= 0.6 is 0 Å². The number of nitrogens with zero attached hydrogens (tertiary/aromatic N) is 4. The Morgan fingerprint density at radius 1 is 1.05 bits per heavy atom. The summed E-state index contributed by atoms with van der Waals surface area (Å²) in [6, 6.07) is 12.9. The second kappa shape index (κ2) is 12.7. The summed E-state index contributed by atoms with van der Waals surface area (Å²) < 4.78 is 21.4. The van der Waals surface area contributed by atoms with Crippen LogP contribution in [-0.2, 0) is 11.2 Å². The maximum Gasteiger partial charge on any atom is 0.204 e. The molecule has 2 aromatic heterocycles. The number of pyridine rings is 1. The first-order valence-corrected chi connectivity index (χ1v) is 12.3. The van der Waals surface area contributed by atoms with Gasteiger partial charge < -0.3 is 16.2 Å². The summed E-state index contributed by atoms with van der Waals surface area (Å²) in [7, 11) is 0. The molecular weight excluding hydrogens is 495 g/mol. The van der Waals surface area contributed by atoms with Gasteiger partial charge in [-0.2, -0.15) is 10.2 Å². The number of fused-ring (bicyclic) bond motifs is 1. The first-order chi connectivity index (χ1) is 18.6. The van der Waals surface area contributed by atoms with E-state index in [1.54, 1.807) is 30.7 Å². The lowest BCUT2D eigenvalue weighted by Crippen LogP contribution is -2.11. The molecule has 0 unspecified atom stereocenters. The SMILES string of the molecule is Cc1cc(C/C(C=NC(C)(C)C)=C/N)c(F)cc1Oc1ccnc2ccc(-c3ccnnc3C)cc12.NC=O. The smallest absolute Gasteiger partial charge is 0.204 e. The van der Waals surface area contributed by atoms with Crippen LogP contribution in [0.4, 0.5) is 4.39 Å². The lowest BCUT2D eigenvalue weighted by atomic mass is 10.0. The Bertz CT molecular complexity index is 1530. The second-order valence-corrected chi connectivity index (χ2v) is 9.87. The molecule has 0 aliphatic rings. The van der Waals surface area contributed by atoms with Crippen molar-refractivity contribution >= 4 is 23.5 Å². The highest BCUT2D eigenvalue weighted by molar-refractivity contribution is 5.89. The third-order valence-electron chi connectivity index (χ3n) is 5.71. The van der Waals surface area contributed by atoms with Gasteiger partial charge in [0.15, 0.2) is 0 Å². The van der Waals surface area contributed by atoms with Crippen molar-refractivity contribution in [3.8, 4) is 22.6 Å². The van der Waals surface area contributed by atoms with E-state index in [0.717, 1.165) is 38.9 Å². The molecule has 0 saturated carbocycles. The summed E-state index contributed by atoms with van der Waals surface area (Å²) in [5.41, 5.74) is 15.3. The van der Waals surface area contributed by atoms with E-state index in [0.29, 0.717) is 23.5 Å². The number of aryl methyl sites for hydroxylation is 2. The molecule has 39 heavy (non-hydrogen) atoms. The molecule has 2 heterocycles. The van der Waals surface area contributed by atoms with E-state index in [1.807, 2.05) is 58.9 Å². The van der Waals surface area contributed by atoms with Gasteiger partial charge in [0.2, 0.25) is 6.41 Å². The molecule has 2 aromatic carbocycles. The molecule has 0 aliphatic carbocycles. The molecule has 8 nitrogen and oxygen atoms in total. The maximum atomic E-state index is 15.1. The zero-order valence-corrected chi connectivity index (χ0v) is 22.8. The second-order valence-electron chi connectivity index (χ2n) is 9.87. The number of allylic oxidation sites excluding steroid dienone is 1. The Morgan fingerprint density at radius 3 is 2.46 bits per heavy atom. The van der Waals surface area contributed by atoms with Gasteiger partial charge >= 0.3 is 0 Å². The average molecular weight is 529 g/mol. The van der Waals surface area contributed by atoms with Crippen LogP contribution in [0.3, 0.4) is 0 Å². The molecule has 4 aromatic rings. The summed E-state index contributed by atoms with van der Waals surface area (Å²) in [6.45, 7) is 9.80. The van der Waals surface area contributed by atoms with Crippen LogP contribution in [0.1, 0.15) is 37.6 Å². The molecule has 0 atom stereocenters. The standard InChI is InChI=1S/C29H30FN5O.CH3NO/c1-18-12-22(13-20(16-31)17-33-29(3,4)5)25(30)15-28(18)36-27-9-10-32-26-7-6-21(14-24(26)27)23-8-11-34-35-19(23)2;2-1-3/h6-12,14-17H,13,31H2,1-5H3;1H,(H2,2,3)/b20-16-,33-17?;. The molecule has 0 fully saturated rings. The average Bonchev–Trinajstić information content (AvgIpc) is 2.89. The molecule has 0 bridgehead atoms. The van der Waals surface area contributed by atoms with Gasteiger partial charge in [0.1, 0.15) is 17.3 Å². The fraction of sp³-hybridized carbons (Fsp3) is 0.233. The summed E-state index contributed by atoms with van der Waals surface area (Å²) in [5.74, 6) is 0.672. The van der Waals surface area contributed by atoms with E-state index in [-0.39, 0.29) is 17.8 Å². The summed E-state index contributed by atoms with van der Waals surface area (Å²) >= 11 is 0. The number of ether oxygens (including phenoxy) is 1. The zero-order valence-electron chi connectivity index (χ0n) is 22.8. The van der Waals surface area contributed by atoms with Crippen LogP contribution in [0.5, 0.6) is 11.5 Å². The molecule has 1 amide bonds. The number of nitrogens with two attached hydrogens (primary N) is 2. The molecule has 9 heteroatoms. The van der Waals surface area contributed by atoms with E-state index in [4.69, 9.17) is 15.3 Å². The molecule has 202 valence electrons. The lowest BCUT2D eigenvalue weighted by Gasteiger charge is -2.15. The minimum absolute atomic E-state index is 0.236. The maximum absolute atomic E-state index is 15.1. The molecular formula is C30H33FN6O2. The largest absolute Gasteiger partial charge is 0.456 e. The van der Waals surface area contributed by atoms with Crippen LogP contribution in [0.15, 0.2) is 71.6 Å². The Hall–Kier alpha value is -4.66. The zero-order chi connectivity index (χ0) is 28.6. The highest BCUT2D eigenvalue weighted by Crippen LogP contribution is 2.35. The summed E-state index contributed by atoms with van der Waals surface area (Å²) in [4.78, 5) is 17.5. The van der Waals surface area contributed by atoms with Gasteiger partial charge in [0.25, 0.3) is 0 Å². The van der Waals surface area contributed by atoms with Crippen molar-refractivity contribution in [3.63, 3.8) is 0 Å². The van der Waals surface area contributed by atoms with Crippen LogP contribution in [0.25, 0.3) is 22.0 Å². The third-order valence-corrected chi connectivity index (χ3v) is 5.71. The minimum Gasteiger partial charge on any atom is -0.456 e. The predicted molar refractivity (Wildman–Crippen MR) is 153 cm³/mol. The molecule has 0 saturated heterocycles. The Morgan fingerprint density at radius 2 is 1.79 bits per heavy atom. The van der Waals surface area contributed by atoms with Crippen molar-refractivity contribution in [2.24, 2.45) is 16.5 Å². The van der Waals surface area contributed by atoms with Gasteiger partial charge in [0, 0.05) is 35.8 Å². The van der Waals surface area contributed by atoms with Crippen LogP contribution < -0.4 is 16.2 Å². The Balaban J connectivity index is 0.00000134. The van der Waals surface area contributed by atoms with Gasteiger partial charge in [-0.15, -0.1) is 0 Å². The van der Waals surface area contributed by atoms with E-state index < -0.39 is 0 Å². The normalized spacial score (nSPS) is 11.8. The quantitative estimate of drug-likeness (QED) is 0.248. The van der Waals surface area contributed by atoms with E-state index in [1.165, 1.54) is 12.3 Å². The van der Waals surface area contributed by atoms with Crippen LogP contribution in [-0.4, -0.2) is 33.3 Å². The third kappa shape index (κ3) is 7.67. The van der Waals surface area contributed by atoms with Crippen molar-refractivity contribution in [2.45, 2.75) is 46.6 Å². The lowest BCUT2D eigenvalue weighted by molar-refractivity contribution is -0.106. The van der Waals surface area contributed by atoms with Gasteiger partial charge in [-0.3, -0.25) is 14.8 Å². The Labute approximate surface area is 227 Å². The first kappa shape index (κ1) is 28.9. The monoisotopic (exact) mass is 528 g/mol. The number of hydrogen-bond donors (Lipinski definition) is 2. The number of halogens is 1. The molecule has 0 radical (unpaired) electrons. The number of amides is 1. The van der Waals surface area contributed by atoms with Crippen LogP contribution in [0.2, 0.25) is 0 Å². The van der Waals surface area contributed by atoms with Crippen molar-refractivity contribution in [1.29, 1.82) is 0 Å². The van der Waals surface area contributed by atoms with Crippen molar-refractivity contribution in [2.75, 3.05) is 0 Å². The number of aliphatic imine (C=N–C) groups is 1. The topological polar surface area (TPSA) is 129 Å². The summed E-state index contributed by atoms with van der Waals surface area (Å²) in [5, 5.41) is 8.90. The predicted octanol–water partition coefficient (Wildman–Crippen LogP) is 5.60. The minimum atomic E-state index is -0.364. The van der Waals surface area contributed by atoms with Gasteiger partial charge in [-0.1, -0.05) is 6.07 Å². The highest BCUT2D eigenvalue weighted by Gasteiger charge is 2.14. The summed E-state index contributed by atoms with van der Waals surface area (Å²) in [6.07, 6.45) is 7.11. The number of carbonyl (C=O) groups excluding carboxylic acids is 1. The number of benzene rings is 2. The van der Waals surface area contributed by atoms with Gasteiger partial charge in [0.05, 0.1) is 22.9 Å². The van der Waals surface area contributed by atoms with E-state index >= 15 is 4.39 Å². The molecule has 4 rings (SSSR count). The number of primary amides is 1. The molecule has 4 N–H and O–H groups in total. The molecule has 0 spiro atoms. The number of rotatable bonds is 6. The first-order valence-electron chi connectivity index (χ1n) is 12.3. The number of aromatic nitrogens is 3. The fourth-order valence-electron chi connectivity index (χ4n) is 3.82. The number of carbonyl (C=O) groups is 1.